The van der Waals surface area contributed by atoms with Gasteiger partial charge in [0.05, 0.1) is 13.2 Å². The Labute approximate surface area is 128 Å². The van der Waals surface area contributed by atoms with Crippen molar-refractivity contribution in [2.45, 2.75) is 59.3 Å². The number of hydrogen-bond acceptors (Lipinski definition) is 3. The number of benzene rings is 1. The average molecular weight is 292 g/mol. The third-order valence-corrected chi connectivity index (χ3v) is 3.69. The van der Waals surface area contributed by atoms with Crippen molar-refractivity contribution in [1.29, 1.82) is 0 Å². The van der Waals surface area contributed by atoms with Crippen LogP contribution in [0.3, 0.4) is 0 Å². The summed E-state index contributed by atoms with van der Waals surface area (Å²) in [5, 5.41) is 0. The number of ether oxygens (including phenoxy) is 2. The van der Waals surface area contributed by atoms with Crippen LogP contribution < -0.4 is 9.47 Å². The molecule has 1 aromatic carbocycles. The average Bonchev–Trinajstić information content (AvgIpc) is 2.50. The normalized spacial score (nSPS) is 12.0. The van der Waals surface area contributed by atoms with Crippen LogP contribution in [0.15, 0.2) is 18.2 Å². The minimum absolute atomic E-state index is 0.326. The highest BCUT2D eigenvalue weighted by atomic mass is 16.5. The fourth-order valence-electron chi connectivity index (χ4n) is 2.48. The second-order valence-corrected chi connectivity index (χ2v) is 5.10. The second kappa shape index (κ2) is 9.43. The van der Waals surface area contributed by atoms with E-state index >= 15 is 0 Å². The Kier molecular flexibility index (Phi) is 7.88. The molecule has 0 N–H and O–H groups in total. The summed E-state index contributed by atoms with van der Waals surface area (Å²) in [6.45, 7) is 9.34. The fourth-order valence-corrected chi connectivity index (χ4v) is 2.48. The van der Waals surface area contributed by atoms with Crippen LogP contribution in [0.4, 0.5) is 0 Å². The van der Waals surface area contributed by atoms with Gasteiger partial charge in [-0.25, -0.2) is 0 Å². The standard InChI is InChI=1S/C18H28O3/c1-5-14(9-10-15(19)6-2)17-13-16(20-7-3)11-12-18(17)21-8-4/h11-14H,5-10H2,1-4H3. The number of Topliss-reactive ketones (excluding diaryl/α,β-unsaturated/α-hetero) is 1. The van der Waals surface area contributed by atoms with Crippen LogP contribution in [0.5, 0.6) is 11.5 Å². The highest BCUT2D eigenvalue weighted by molar-refractivity contribution is 5.78. The van der Waals surface area contributed by atoms with Crippen molar-refractivity contribution in [2.75, 3.05) is 13.2 Å². The van der Waals surface area contributed by atoms with E-state index in [2.05, 4.69) is 13.0 Å². The molecular formula is C18H28O3. The molecule has 0 heterocycles. The third-order valence-electron chi connectivity index (χ3n) is 3.69. The van der Waals surface area contributed by atoms with Gasteiger partial charge in [0.2, 0.25) is 0 Å². The number of rotatable bonds is 10. The SMILES string of the molecule is CCOc1ccc(OCC)c(C(CC)CCC(=O)CC)c1. The summed E-state index contributed by atoms with van der Waals surface area (Å²) in [4.78, 5) is 11.6. The zero-order valence-electron chi connectivity index (χ0n) is 13.8. The molecule has 0 radical (unpaired) electrons. The van der Waals surface area contributed by atoms with Crippen molar-refractivity contribution in [2.24, 2.45) is 0 Å². The Hall–Kier alpha value is -1.51. The molecule has 0 aliphatic carbocycles. The van der Waals surface area contributed by atoms with Crippen molar-refractivity contribution in [3.63, 3.8) is 0 Å². The lowest BCUT2D eigenvalue weighted by Crippen LogP contribution is -2.06. The Balaban J connectivity index is 2.96. The maximum atomic E-state index is 11.6. The monoisotopic (exact) mass is 292 g/mol. The van der Waals surface area contributed by atoms with Crippen LogP contribution in [-0.4, -0.2) is 19.0 Å². The van der Waals surface area contributed by atoms with Crippen LogP contribution in [-0.2, 0) is 4.79 Å². The molecule has 1 rings (SSSR count). The smallest absolute Gasteiger partial charge is 0.132 e. The molecule has 0 saturated heterocycles. The quantitative estimate of drug-likeness (QED) is 0.625. The number of carbonyl (C=O) groups excluding carboxylic acids is 1. The third kappa shape index (κ3) is 5.41. The van der Waals surface area contributed by atoms with Crippen LogP contribution in [0.25, 0.3) is 0 Å². The van der Waals surface area contributed by atoms with Gasteiger partial charge in [0.15, 0.2) is 0 Å². The Morgan fingerprint density at radius 1 is 1.10 bits per heavy atom. The number of carbonyl (C=O) groups is 1. The van der Waals surface area contributed by atoms with E-state index in [1.54, 1.807) is 0 Å². The molecule has 1 atom stereocenters. The van der Waals surface area contributed by atoms with Gasteiger partial charge in [0, 0.05) is 18.4 Å². The highest BCUT2D eigenvalue weighted by Crippen LogP contribution is 2.35. The van der Waals surface area contributed by atoms with Gasteiger partial charge in [0.25, 0.3) is 0 Å². The first-order valence-electron chi connectivity index (χ1n) is 8.07. The summed E-state index contributed by atoms with van der Waals surface area (Å²) >= 11 is 0. The van der Waals surface area contributed by atoms with E-state index in [0.717, 1.165) is 29.9 Å². The number of hydrogen-bond donors (Lipinski definition) is 0. The first-order chi connectivity index (χ1) is 10.2. The molecule has 0 spiro atoms. The van der Waals surface area contributed by atoms with Gasteiger partial charge < -0.3 is 9.47 Å². The van der Waals surface area contributed by atoms with Gasteiger partial charge in [-0.05, 0) is 50.8 Å². The van der Waals surface area contributed by atoms with Crippen molar-refractivity contribution < 1.29 is 14.3 Å². The molecular weight excluding hydrogens is 264 g/mol. The van der Waals surface area contributed by atoms with Crippen LogP contribution in [0.2, 0.25) is 0 Å². The molecule has 0 aliphatic heterocycles. The maximum absolute atomic E-state index is 11.6. The molecule has 0 aliphatic rings. The topological polar surface area (TPSA) is 35.5 Å². The zero-order valence-corrected chi connectivity index (χ0v) is 13.8. The summed E-state index contributed by atoms with van der Waals surface area (Å²) in [6.07, 6.45) is 3.12. The Morgan fingerprint density at radius 3 is 2.38 bits per heavy atom. The molecule has 1 aromatic rings. The molecule has 0 saturated carbocycles. The predicted octanol–water partition coefficient (Wildman–Crippen LogP) is 4.74. The maximum Gasteiger partial charge on any atom is 0.132 e. The molecule has 0 bridgehead atoms. The summed E-state index contributed by atoms with van der Waals surface area (Å²) in [6, 6.07) is 6.00. The minimum Gasteiger partial charge on any atom is -0.494 e. The van der Waals surface area contributed by atoms with Gasteiger partial charge in [-0.15, -0.1) is 0 Å². The van der Waals surface area contributed by atoms with Crippen LogP contribution >= 0.6 is 0 Å². The summed E-state index contributed by atoms with van der Waals surface area (Å²) < 4.78 is 11.3. The van der Waals surface area contributed by atoms with E-state index in [4.69, 9.17) is 9.47 Å². The lowest BCUT2D eigenvalue weighted by molar-refractivity contribution is -0.118. The molecule has 21 heavy (non-hydrogen) atoms. The molecule has 3 heteroatoms. The number of ketones is 1. The van der Waals surface area contributed by atoms with Crippen molar-refractivity contribution in [3.8, 4) is 11.5 Å². The van der Waals surface area contributed by atoms with Crippen LogP contribution in [0.1, 0.15) is 64.9 Å². The molecule has 118 valence electrons. The first kappa shape index (κ1) is 17.5. The van der Waals surface area contributed by atoms with Crippen molar-refractivity contribution in [1.82, 2.24) is 0 Å². The van der Waals surface area contributed by atoms with E-state index in [-0.39, 0.29) is 0 Å². The van der Waals surface area contributed by atoms with E-state index in [1.165, 1.54) is 0 Å². The lowest BCUT2D eigenvalue weighted by atomic mass is 9.90. The molecule has 0 amide bonds. The fraction of sp³-hybridized carbons (Fsp3) is 0.611. The van der Waals surface area contributed by atoms with Crippen LogP contribution in [0, 0.1) is 0 Å². The van der Waals surface area contributed by atoms with E-state index in [1.807, 2.05) is 32.9 Å². The summed E-state index contributed by atoms with van der Waals surface area (Å²) in [7, 11) is 0. The van der Waals surface area contributed by atoms with E-state index < -0.39 is 0 Å². The van der Waals surface area contributed by atoms with Gasteiger partial charge in [0.1, 0.15) is 17.3 Å². The van der Waals surface area contributed by atoms with E-state index in [9.17, 15) is 4.79 Å². The van der Waals surface area contributed by atoms with Gasteiger partial charge in [-0.3, -0.25) is 4.79 Å². The van der Waals surface area contributed by atoms with Crippen molar-refractivity contribution >= 4 is 5.78 Å². The Bertz CT molecular complexity index is 440. The molecule has 3 nitrogen and oxygen atoms in total. The highest BCUT2D eigenvalue weighted by Gasteiger charge is 2.17. The van der Waals surface area contributed by atoms with Crippen molar-refractivity contribution in [3.05, 3.63) is 23.8 Å². The Morgan fingerprint density at radius 2 is 1.81 bits per heavy atom. The van der Waals surface area contributed by atoms with Gasteiger partial charge >= 0.3 is 0 Å². The van der Waals surface area contributed by atoms with E-state index in [0.29, 0.717) is 37.8 Å². The first-order valence-corrected chi connectivity index (χ1v) is 8.07. The lowest BCUT2D eigenvalue weighted by Gasteiger charge is -2.20. The molecule has 0 fully saturated rings. The predicted molar refractivity (Wildman–Crippen MR) is 86.3 cm³/mol. The molecule has 1 unspecified atom stereocenters. The largest absolute Gasteiger partial charge is 0.494 e. The second-order valence-electron chi connectivity index (χ2n) is 5.10. The minimum atomic E-state index is 0.326. The van der Waals surface area contributed by atoms with Gasteiger partial charge in [-0.2, -0.15) is 0 Å². The molecule has 0 aromatic heterocycles. The van der Waals surface area contributed by atoms with Gasteiger partial charge in [-0.1, -0.05) is 13.8 Å². The summed E-state index contributed by atoms with van der Waals surface area (Å²) in [5.41, 5.74) is 1.16. The summed E-state index contributed by atoms with van der Waals surface area (Å²) in [5.74, 6) is 2.45. The zero-order chi connectivity index (χ0) is 15.7.